The Balaban J connectivity index is 1.98. The van der Waals surface area contributed by atoms with Crippen molar-refractivity contribution in [2.24, 2.45) is 17.1 Å². The maximum Gasteiger partial charge on any atom is 0.234 e. The molecule has 2 heterocycles. The molecule has 1 unspecified atom stereocenters. The Morgan fingerprint density at radius 3 is 2.78 bits per heavy atom. The van der Waals surface area contributed by atoms with Crippen LogP contribution in [-0.4, -0.2) is 26.4 Å². The molecule has 0 radical (unpaired) electrons. The Kier molecular flexibility index (Phi) is 3.97. The quantitative estimate of drug-likeness (QED) is 0.901. The fraction of sp³-hybridized carbons (Fsp3) is 0.750. The number of aryl methyl sites for hydroxylation is 1. The molecule has 0 saturated heterocycles. The van der Waals surface area contributed by atoms with Crippen molar-refractivity contribution in [3.63, 3.8) is 0 Å². The number of rotatable bonds is 5. The Morgan fingerprint density at radius 1 is 1.39 bits per heavy atom. The molecule has 2 aromatic heterocycles. The molecule has 1 atom stereocenters. The summed E-state index contributed by atoms with van der Waals surface area (Å²) in [5.41, 5.74) is 6.01. The Bertz CT molecular complexity index is 467. The van der Waals surface area contributed by atoms with Crippen LogP contribution in [0.4, 0.5) is 0 Å². The van der Waals surface area contributed by atoms with Crippen molar-refractivity contribution in [1.29, 1.82) is 0 Å². The lowest BCUT2D eigenvalue weighted by Gasteiger charge is -2.30. The monoisotopic (exact) mass is 267 g/mol. The molecular weight excluding hydrogens is 246 g/mol. The summed E-state index contributed by atoms with van der Waals surface area (Å²) in [4.78, 5) is 0.871. The van der Waals surface area contributed by atoms with Crippen LogP contribution in [-0.2, 0) is 6.42 Å². The highest BCUT2D eigenvalue weighted by Gasteiger charge is 2.24. The standard InChI is InChI=1S/C12H21N5S/c1-12(2,3)9(6-7-13)4-5-10-16-17-8-14-15-11(17)18-10/h8-9H,4-7,13H2,1-3H3. The molecule has 0 aliphatic carbocycles. The number of nitrogens with zero attached hydrogens (tertiary/aromatic N) is 4. The summed E-state index contributed by atoms with van der Waals surface area (Å²) in [7, 11) is 0. The molecule has 2 N–H and O–H groups in total. The van der Waals surface area contributed by atoms with E-state index in [1.165, 1.54) is 0 Å². The maximum absolute atomic E-state index is 5.70. The highest BCUT2D eigenvalue weighted by molar-refractivity contribution is 7.16. The van der Waals surface area contributed by atoms with Gasteiger partial charge in [0.05, 0.1) is 0 Å². The van der Waals surface area contributed by atoms with E-state index < -0.39 is 0 Å². The smallest absolute Gasteiger partial charge is 0.234 e. The van der Waals surface area contributed by atoms with Gasteiger partial charge in [-0.25, -0.2) is 0 Å². The van der Waals surface area contributed by atoms with Crippen LogP contribution < -0.4 is 5.73 Å². The van der Waals surface area contributed by atoms with Crippen LogP contribution in [0.3, 0.4) is 0 Å². The van der Waals surface area contributed by atoms with Crippen molar-refractivity contribution in [3.8, 4) is 0 Å². The van der Waals surface area contributed by atoms with Crippen LogP contribution in [0.25, 0.3) is 4.96 Å². The van der Waals surface area contributed by atoms with Crippen molar-refractivity contribution >= 4 is 16.3 Å². The summed E-state index contributed by atoms with van der Waals surface area (Å²) >= 11 is 1.62. The first kappa shape index (κ1) is 13.4. The Morgan fingerprint density at radius 2 is 2.17 bits per heavy atom. The average molecular weight is 267 g/mol. The molecule has 2 aromatic rings. The Hall–Kier alpha value is -1.01. The summed E-state index contributed by atoms with van der Waals surface area (Å²) in [6.45, 7) is 7.61. The van der Waals surface area contributed by atoms with E-state index in [0.29, 0.717) is 11.3 Å². The van der Waals surface area contributed by atoms with Crippen LogP contribution in [0.2, 0.25) is 0 Å². The van der Waals surface area contributed by atoms with E-state index in [-0.39, 0.29) is 0 Å². The molecule has 0 aliphatic heterocycles. The second kappa shape index (κ2) is 5.32. The fourth-order valence-corrected chi connectivity index (χ4v) is 3.04. The number of aromatic nitrogens is 4. The maximum atomic E-state index is 5.70. The van der Waals surface area contributed by atoms with Gasteiger partial charge in [0.2, 0.25) is 4.96 Å². The van der Waals surface area contributed by atoms with Gasteiger partial charge in [0, 0.05) is 6.42 Å². The highest BCUT2D eigenvalue weighted by Crippen LogP contribution is 2.32. The van der Waals surface area contributed by atoms with Gasteiger partial charge in [0.1, 0.15) is 11.3 Å². The lowest BCUT2D eigenvalue weighted by molar-refractivity contribution is 0.215. The minimum absolute atomic E-state index is 0.304. The SMILES string of the molecule is CC(C)(C)C(CCN)CCc1nn2cnnc2s1. The zero-order valence-corrected chi connectivity index (χ0v) is 12.1. The first-order chi connectivity index (χ1) is 8.50. The van der Waals surface area contributed by atoms with E-state index in [9.17, 15) is 0 Å². The van der Waals surface area contributed by atoms with Gasteiger partial charge >= 0.3 is 0 Å². The van der Waals surface area contributed by atoms with Crippen molar-refractivity contribution in [2.45, 2.75) is 40.0 Å². The zero-order chi connectivity index (χ0) is 13.2. The molecule has 0 fully saturated rings. The highest BCUT2D eigenvalue weighted by atomic mass is 32.1. The topological polar surface area (TPSA) is 69.1 Å². The van der Waals surface area contributed by atoms with Gasteiger partial charge in [-0.15, -0.1) is 10.2 Å². The third-order valence-electron chi connectivity index (χ3n) is 3.38. The summed E-state index contributed by atoms with van der Waals surface area (Å²) < 4.78 is 1.75. The molecule has 0 spiro atoms. The second-order valence-corrected chi connectivity index (χ2v) is 6.77. The van der Waals surface area contributed by atoms with E-state index in [0.717, 1.165) is 35.8 Å². The van der Waals surface area contributed by atoms with Gasteiger partial charge in [-0.2, -0.15) is 9.61 Å². The molecule has 2 rings (SSSR count). The summed E-state index contributed by atoms with van der Waals surface area (Å²) in [6.07, 6.45) is 4.85. The Labute approximate surface area is 111 Å². The van der Waals surface area contributed by atoms with Crippen molar-refractivity contribution in [1.82, 2.24) is 19.8 Å². The van der Waals surface area contributed by atoms with Crippen molar-refractivity contribution in [3.05, 3.63) is 11.3 Å². The minimum atomic E-state index is 0.304. The van der Waals surface area contributed by atoms with Crippen LogP contribution in [0.15, 0.2) is 6.33 Å². The van der Waals surface area contributed by atoms with Crippen LogP contribution in [0.1, 0.15) is 38.6 Å². The predicted octanol–water partition coefficient (Wildman–Crippen LogP) is 2.13. The summed E-state index contributed by atoms with van der Waals surface area (Å²) in [6, 6.07) is 0. The van der Waals surface area contributed by atoms with E-state index in [2.05, 4.69) is 36.1 Å². The third-order valence-corrected chi connectivity index (χ3v) is 4.35. The summed E-state index contributed by atoms with van der Waals surface area (Å²) in [5.74, 6) is 0.636. The van der Waals surface area contributed by atoms with Gasteiger partial charge in [-0.3, -0.25) is 0 Å². The van der Waals surface area contributed by atoms with E-state index in [4.69, 9.17) is 5.73 Å². The van der Waals surface area contributed by atoms with Crippen molar-refractivity contribution < 1.29 is 0 Å². The van der Waals surface area contributed by atoms with Crippen molar-refractivity contribution in [2.75, 3.05) is 6.54 Å². The molecule has 0 bridgehead atoms. The minimum Gasteiger partial charge on any atom is -0.330 e. The van der Waals surface area contributed by atoms with Crippen LogP contribution in [0.5, 0.6) is 0 Å². The van der Waals surface area contributed by atoms with Gasteiger partial charge in [-0.05, 0) is 30.7 Å². The molecule has 0 aliphatic rings. The molecule has 5 nitrogen and oxygen atoms in total. The lowest BCUT2D eigenvalue weighted by Crippen LogP contribution is -2.24. The number of nitrogens with two attached hydrogens (primary N) is 1. The molecule has 0 saturated carbocycles. The largest absolute Gasteiger partial charge is 0.330 e. The number of hydrogen-bond acceptors (Lipinski definition) is 5. The lowest BCUT2D eigenvalue weighted by atomic mass is 9.76. The average Bonchev–Trinajstić information content (AvgIpc) is 2.82. The number of fused-ring (bicyclic) bond motifs is 1. The molecule has 0 aromatic carbocycles. The first-order valence-corrected chi connectivity index (χ1v) is 7.18. The molecule has 100 valence electrons. The first-order valence-electron chi connectivity index (χ1n) is 6.36. The van der Waals surface area contributed by atoms with Gasteiger partial charge in [0.25, 0.3) is 0 Å². The molecule has 18 heavy (non-hydrogen) atoms. The van der Waals surface area contributed by atoms with Gasteiger partial charge in [-0.1, -0.05) is 32.1 Å². The zero-order valence-electron chi connectivity index (χ0n) is 11.3. The fourth-order valence-electron chi connectivity index (χ4n) is 2.21. The van der Waals surface area contributed by atoms with E-state index in [1.807, 2.05) is 0 Å². The van der Waals surface area contributed by atoms with Gasteiger partial charge in [0.15, 0.2) is 0 Å². The molecule has 0 amide bonds. The summed E-state index contributed by atoms with van der Waals surface area (Å²) in [5, 5.41) is 13.4. The van der Waals surface area contributed by atoms with E-state index in [1.54, 1.807) is 22.2 Å². The molecule has 6 heteroatoms. The second-order valence-electron chi connectivity index (χ2n) is 5.73. The normalized spacial score (nSPS) is 14.2. The van der Waals surface area contributed by atoms with Crippen LogP contribution in [0, 0.1) is 11.3 Å². The number of hydrogen-bond donors (Lipinski definition) is 1. The molecular formula is C12H21N5S. The predicted molar refractivity (Wildman–Crippen MR) is 73.6 cm³/mol. The van der Waals surface area contributed by atoms with Crippen LogP contribution >= 0.6 is 11.3 Å². The third kappa shape index (κ3) is 3.05. The van der Waals surface area contributed by atoms with E-state index >= 15 is 0 Å². The van der Waals surface area contributed by atoms with Gasteiger partial charge < -0.3 is 5.73 Å².